The summed E-state index contributed by atoms with van der Waals surface area (Å²) in [4.78, 5) is 40.6. The molecule has 0 aromatic carbocycles. The minimum atomic E-state index is -0.400. The average molecular weight is 389 g/mol. The standard InChI is InChI=1S/C5H6O3.2C5H8O.C3H6O.3CH4/c1-3-2-4(6)8-5(3)7;1-4(2)5(3)6;1-3-4-5(2)6;1-3-2-4-3;;;/h3H,2H2,1H3;1H2,2-3H3;3-4H,1-2H3;3H,2H2,1H3;3*1H4/b;;4-3+;;;;. The van der Waals surface area contributed by atoms with Crippen molar-refractivity contribution in [3.05, 3.63) is 24.3 Å². The minimum Gasteiger partial charge on any atom is -0.393 e. The van der Waals surface area contributed by atoms with Crippen LogP contribution in [0.4, 0.5) is 0 Å². The number of carbonyl (C=O) groups excluding carboxylic acids is 4. The molecule has 0 aliphatic carbocycles. The predicted molar refractivity (Wildman–Crippen MR) is 111 cm³/mol. The summed E-state index contributed by atoms with van der Waals surface area (Å²) in [6.07, 6.45) is 4.08. The Hall–Kier alpha value is -2.08. The van der Waals surface area contributed by atoms with Gasteiger partial charge in [0.15, 0.2) is 11.6 Å². The molecule has 2 aliphatic rings. The number of hydrogen-bond acceptors (Lipinski definition) is 6. The van der Waals surface area contributed by atoms with Crippen molar-refractivity contribution in [2.75, 3.05) is 6.61 Å². The molecule has 2 saturated heterocycles. The third kappa shape index (κ3) is 29.0. The molecule has 0 amide bonds. The molecular weight excluding hydrogens is 348 g/mol. The van der Waals surface area contributed by atoms with E-state index < -0.39 is 11.9 Å². The summed E-state index contributed by atoms with van der Waals surface area (Å²) in [5.41, 5.74) is 0.620. The van der Waals surface area contributed by atoms with Crippen molar-refractivity contribution >= 4 is 23.5 Å². The highest BCUT2D eigenvalue weighted by atomic mass is 16.6. The number of hydrogen-bond donors (Lipinski definition) is 0. The smallest absolute Gasteiger partial charge is 0.316 e. The monoisotopic (exact) mass is 388 g/mol. The first-order valence-electron chi connectivity index (χ1n) is 7.67. The fourth-order valence-electron chi connectivity index (χ4n) is 0.919. The van der Waals surface area contributed by atoms with Gasteiger partial charge in [-0.05, 0) is 46.3 Å². The summed E-state index contributed by atoms with van der Waals surface area (Å²) < 4.78 is 8.90. The molecular formula is C21H40O6. The zero-order chi connectivity index (χ0) is 19.3. The Morgan fingerprint density at radius 1 is 1.07 bits per heavy atom. The fourth-order valence-corrected chi connectivity index (χ4v) is 0.919. The molecule has 0 bridgehead atoms. The quantitative estimate of drug-likeness (QED) is 0.294. The van der Waals surface area contributed by atoms with Crippen molar-refractivity contribution in [1.82, 2.24) is 0 Å². The number of esters is 2. The van der Waals surface area contributed by atoms with Crippen LogP contribution in [0.25, 0.3) is 0 Å². The molecule has 0 N–H and O–H groups in total. The third-order valence-electron chi connectivity index (χ3n) is 2.59. The van der Waals surface area contributed by atoms with Crippen LogP contribution < -0.4 is 0 Å². The SMILES string of the molecule is C.C.C.C/C=C/C(C)=O.C=C(C)C(C)=O.CC1CC(=O)OC1=O.CC1CO1. The summed E-state index contributed by atoms with van der Waals surface area (Å²) >= 11 is 0. The average Bonchev–Trinajstić information content (AvgIpc) is 3.16. The molecule has 2 unspecified atom stereocenters. The lowest BCUT2D eigenvalue weighted by molar-refractivity contribution is -0.153. The molecule has 2 rings (SSSR count). The second-order valence-corrected chi connectivity index (χ2v) is 5.49. The lowest BCUT2D eigenvalue weighted by Gasteiger charge is -1.86. The van der Waals surface area contributed by atoms with E-state index in [0.29, 0.717) is 11.7 Å². The van der Waals surface area contributed by atoms with Gasteiger partial charge in [0, 0.05) is 0 Å². The molecule has 160 valence electrons. The Morgan fingerprint density at radius 3 is 1.48 bits per heavy atom. The van der Waals surface area contributed by atoms with Gasteiger partial charge in [0.2, 0.25) is 0 Å². The zero-order valence-corrected chi connectivity index (χ0v) is 15.4. The van der Waals surface area contributed by atoms with E-state index in [1.165, 1.54) is 19.9 Å². The van der Waals surface area contributed by atoms with Crippen molar-refractivity contribution in [1.29, 1.82) is 0 Å². The van der Waals surface area contributed by atoms with E-state index in [4.69, 9.17) is 4.74 Å². The number of carbonyl (C=O) groups is 4. The van der Waals surface area contributed by atoms with Crippen molar-refractivity contribution < 1.29 is 28.7 Å². The van der Waals surface area contributed by atoms with E-state index in [2.05, 4.69) is 18.2 Å². The summed E-state index contributed by atoms with van der Waals surface area (Å²) in [6.45, 7) is 14.7. The number of ether oxygens (including phenoxy) is 2. The Labute approximate surface area is 166 Å². The minimum absolute atomic E-state index is 0. The maximum Gasteiger partial charge on any atom is 0.316 e. The van der Waals surface area contributed by atoms with Crippen LogP contribution >= 0.6 is 0 Å². The maximum atomic E-state index is 10.3. The lowest BCUT2D eigenvalue weighted by atomic mass is 10.1. The summed E-state index contributed by atoms with van der Waals surface area (Å²) in [5.74, 6) is -0.840. The lowest BCUT2D eigenvalue weighted by Crippen LogP contribution is -2.01. The van der Waals surface area contributed by atoms with Gasteiger partial charge >= 0.3 is 11.9 Å². The van der Waals surface area contributed by atoms with Gasteiger partial charge in [-0.15, -0.1) is 0 Å². The summed E-state index contributed by atoms with van der Waals surface area (Å²) in [6, 6.07) is 0. The molecule has 6 nitrogen and oxygen atoms in total. The largest absolute Gasteiger partial charge is 0.393 e. The molecule has 2 aliphatic heterocycles. The Morgan fingerprint density at radius 2 is 1.44 bits per heavy atom. The van der Waals surface area contributed by atoms with Gasteiger partial charge < -0.3 is 9.47 Å². The second kappa shape index (κ2) is 20.2. The highest BCUT2D eigenvalue weighted by Crippen LogP contribution is 2.13. The number of Topliss-reactive ketones (excluding diaryl/α,β-unsaturated/α-hetero) is 1. The van der Waals surface area contributed by atoms with Crippen LogP contribution in [0.5, 0.6) is 0 Å². The molecule has 6 heteroatoms. The molecule has 0 radical (unpaired) electrons. The fraction of sp³-hybridized carbons (Fsp3) is 0.619. The highest BCUT2D eigenvalue weighted by molar-refractivity contribution is 5.94. The molecule has 2 fully saturated rings. The van der Waals surface area contributed by atoms with Gasteiger partial charge in [-0.1, -0.05) is 41.9 Å². The van der Waals surface area contributed by atoms with E-state index in [9.17, 15) is 19.2 Å². The van der Waals surface area contributed by atoms with Gasteiger partial charge in [0.05, 0.1) is 25.0 Å². The molecule has 0 saturated carbocycles. The maximum absolute atomic E-state index is 10.3. The van der Waals surface area contributed by atoms with E-state index in [0.717, 1.165) is 6.61 Å². The molecule has 27 heavy (non-hydrogen) atoms. The second-order valence-electron chi connectivity index (χ2n) is 5.49. The van der Waals surface area contributed by atoms with E-state index in [1.807, 2.05) is 6.92 Å². The normalized spacial score (nSPS) is 18.1. The topological polar surface area (TPSA) is 90.0 Å². The van der Waals surface area contributed by atoms with Crippen molar-refractivity contribution in [2.45, 2.75) is 76.3 Å². The number of rotatable bonds is 2. The molecule has 0 aromatic rings. The summed E-state index contributed by atoms with van der Waals surface area (Å²) in [5, 5.41) is 0. The number of cyclic esters (lactones) is 2. The first kappa shape index (κ1) is 35.9. The van der Waals surface area contributed by atoms with Gasteiger partial charge in [0.1, 0.15) is 0 Å². The first-order valence-corrected chi connectivity index (χ1v) is 7.67. The van der Waals surface area contributed by atoms with Crippen LogP contribution in [-0.4, -0.2) is 36.2 Å². The van der Waals surface area contributed by atoms with Crippen LogP contribution in [0.2, 0.25) is 0 Å². The number of epoxide rings is 1. The Kier molecular flexibility index (Phi) is 26.9. The highest BCUT2D eigenvalue weighted by Gasteiger charge is 2.28. The van der Waals surface area contributed by atoms with Crippen molar-refractivity contribution in [2.24, 2.45) is 5.92 Å². The Bertz CT molecular complexity index is 475. The Balaban J connectivity index is -0.0000000786. The number of allylic oxidation sites excluding steroid dienone is 3. The number of ketones is 2. The van der Waals surface area contributed by atoms with Crippen molar-refractivity contribution in [3.63, 3.8) is 0 Å². The van der Waals surface area contributed by atoms with Crippen LogP contribution in [0.1, 0.15) is 70.2 Å². The molecule has 2 heterocycles. The van der Waals surface area contributed by atoms with Crippen LogP contribution in [0.3, 0.4) is 0 Å². The predicted octanol–water partition coefficient (Wildman–Crippen LogP) is 4.71. The summed E-state index contributed by atoms with van der Waals surface area (Å²) in [7, 11) is 0. The van der Waals surface area contributed by atoms with E-state index in [1.54, 1.807) is 19.9 Å². The first-order chi connectivity index (χ1) is 11.0. The zero-order valence-electron chi connectivity index (χ0n) is 15.4. The molecule has 2 atom stereocenters. The van der Waals surface area contributed by atoms with Gasteiger partial charge in [-0.2, -0.15) is 0 Å². The molecule has 0 spiro atoms. The third-order valence-corrected chi connectivity index (χ3v) is 2.59. The van der Waals surface area contributed by atoms with E-state index >= 15 is 0 Å². The van der Waals surface area contributed by atoms with Gasteiger partial charge in [-0.25, -0.2) is 0 Å². The van der Waals surface area contributed by atoms with Crippen molar-refractivity contribution in [3.8, 4) is 0 Å². The van der Waals surface area contributed by atoms with Crippen LogP contribution in [-0.2, 0) is 28.7 Å². The molecule has 0 aromatic heterocycles. The van der Waals surface area contributed by atoms with E-state index in [-0.39, 0.29) is 46.2 Å². The van der Waals surface area contributed by atoms with Gasteiger partial charge in [0.25, 0.3) is 0 Å². The van der Waals surface area contributed by atoms with Gasteiger partial charge in [-0.3, -0.25) is 19.2 Å². The van der Waals surface area contributed by atoms with Crippen LogP contribution in [0, 0.1) is 5.92 Å². The van der Waals surface area contributed by atoms with Crippen LogP contribution in [0.15, 0.2) is 24.3 Å².